The molecule has 8 nitrogen and oxygen atoms in total. The third-order valence-electron chi connectivity index (χ3n) is 4.94. The maximum absolute atomic E-state index is 11.9. The Kier molecular flexibility index (Phi) is 9.18. The van der Waals surface area contributed by atoms with Gasteiger partial charge in [0.15, 0.2) is 24.7 Å². The van der Waals surface area contributed by atoms with Crippen molar-refractivity contribution in [3.8, 4) is 11.5 Å². The molecule has 0 aromatic heterocycles. The second-order valence-electron chi connectivity index (χ2n) is 7.25. The molecule has 0 aliphatic heterocycles. The average Bonchev–Trinajstić information content (AvgIpc) is 2.73. The van der Waals surface area contributed by atoms with E-state index in [0.717, 1.165) is 31.2 Å². The fourth-order valence-electron chi connectivity index (χ4n) is 3.32. The first-order chi connectivity index (χ1) is 14.4. The Labute approximate surface area is 176 Å². The van der Waals surface area contributed by atoms with E-state index >= 15 is 0 Å². The highest BCUT2D eigenvalue weighted by atomic mass is 16.6. The zero-order chi connectivity index (χ0) is 21.9. The van der Waals surface area contributed by atoms with Crippen molar-refractivity contribution in [1.82, 2.24) is 10.6 Å². The minimum absolute atomic E-state index is 0.0525. The highest BCUT2D eigenvalue weighted by molar-refractivity contribution is 5.95. The lowest BCUT2D eigenvalue weighted by atomic mass is 9.86. The van der Waals surface area contributed by atoms with Gasteiger partial charge in [0.2, 0.25) is 0 Å². The van der Waals surface area contributed by atoms with Gasteiger partial charge in [-0.3, -0.25) is 10.1 Å². The molecule has 1 aromatic rings. The average molecular weight is 418 g/mol. The summed E-state index contributed by atoms with van der Waals surface area (Å²) in [6.45, 7) is 3.03. The zero-order valence-electron chi connectivity index (χ0n) is 17.7. The van der Waals surface area contributed by atoms with E-state index in [1.807, 2.05) is 25.1 Å². The second-order valence-corrected chi connectivity index (χ2v) is 7.25. The van der Waals surface area contributed by atoms with Crippen LogP contribution in [0.15, 0.2) is 24.3 Å². The smallest absolute Gasteiger partial charge is 0.344 e. The first kappa shape index (κ1) is 23.3. The SMILES string of the molecule is C/C=C/c1ccc(OCC(=O)OCC(=O)NC(=O)N[C@H]2CCCC[C@@H]2C)c(OC)c1. The lowest BCUT2D eigenvalue weighted by Gasteiger charge is -2.29. The normalized spacial score (nSPS) is 18.5. The summed E-state index contributed by atoms with van der Waals surface area (Å²) in [5, 5.41) is 4.99. The Bertz CT molecular complexity index is 777. The number of nitrogens with one attached hydrogen (secondary N) is 2. The van der Waals surface area contributed by atoms with Gasteiger partial charge in [-0.25, -0.2) is 9.59 Å². The number of benzene rings is 1. The maximum atomic E-state index is 11.9. The lowest BCUT2D eigenvalue weighted by Crippen LogP contribution is -2.48. The molecule has 1 saturated carbocycles. The van der Waals surface area contributed by atoms with Crippen LogP contribution in [0.1, 0.15) is 45.1 Å². The van der Waals surface area contributed by atoms with Gasteiger partial charge in [0.1, 0.15) is 0 Å². The molecule has 164 valence electrons. The number of urea groups is 1. The van der Waals surface area contributed by atoms with Crippen LogP contribution in [0.25, 0.3) is 6.08 Å². The Hall–Kier alpha value is -3.03. The largest absolute Gasteiger partial charge is 0.493 e. The van der Waals surface area contributed by atoms with Crippen molar-refractivity contribution in [2.45, 2.75) is 45.6 Å². The summed E-state index contributed by atoms with van der Waals surface area (Å²) in [5.74, 6) is -0.194. The highest BCUT2D eigenvalue weighted by Gasteiger charge is 2.23. The van der Waals surface area contributed by atoms with Crippen molar-refractivity contribution in [3.05, 3.63) is 29.8 Å². The van der Waals surface area contributed by atoms with Crippen LogP contribution in [0.3, 0.4) is 0 Å². The summed E-state index contributed by atoms with van der Waals surface area (Å²) in [5.41, 5.74) is 0.932. The molecule has 8 heteroatoms. The predicted octanol–water partition coefficient (Wildman–Crippen LogP) is 3.05. The predicted molar refractivity (Wildman–Crippen MR) is 112 cm³/mol. The Morgan fingerprint density at radius 3 is 2.60 bits per heavy atom. The van der Waals surface area contributed by atoms with Crippen molar-refractivity contribution < 1.29 is 28.6 Å². The molecule has 0 heterocycles. The summed E-state index contributed by atoms with van der Waals surface area (Å²) in [7, 11) is 1.50. The number of hydrogen-bond acceptors (Lipinski definition) is 6. The molecular weight excluding hydrogens is 388 g/mol. The lowest BCUT2D eigenvalue weighted by molar-refractivity contribution is -0.150. The second kappa shape index (κ2) is 11.8. The number of imide groups is 1. The highest BCUT2D eigenvalue weighted by Crippen LogP contribution is 2.28. The molecule has 1 aromatic carbocycles. The van der Waals surface area contributed by atoms with E-state index in [4.69, 9.17) is 14.2 Å². The fraction of sp³-hybridized carbons (Fsp3) is 0.500. The van der Waals surface area contributed by atoms with Crippen molar-refractivity contribution in [2.24, 2.45) is 5.92 Å². The van der Waals surface area contributed by atoms with Crippen LogP contribution >= 0.6 is 0 Å². The van der Waals surface area contributed by atoms with Gasteiger partial charge < -0.3 is 19.5 Å². The van der Waals surface area contributed by atoms with Crippen LogP contribution in [-0.4, -0.2) is 44.3 Å². The molecule has 2 atom stereocenters. The van der Waals surface area contributed by atoms with E-state index in [1.54, 1.807) is 12.1 Å². The minimum atomic E-state index is -0.731. The van der Waals surface area contributed by atoms with Gasteiger partial charge in [-0.05, 0) is 43.4 Å². The molecule has 2 N–H and O–H groups in total. The van der Waals surface area contributed by atoms with E-state index in [1.165, 1.54) is 7.11 Å². The van der Waals surface area contributed by atoms with Gasteiger partial charge in [-0.1, -0.05) is 38.0 Å². The number of esters is 1. The van der Waals surface area contributed by atoms with Crippen LogP contribution in [0.4, 0.5) is 4.79 Å². The zero-order valence-corrected chi connectivity index (χ0v) is 17.7. The Morgan fingerprint density at radius 2 is 1.90 bits per heavy atom. The summed E-state index contributed by atoms with van der Waals surface area (Å²) < 4.78 is 15.5. The van der Waals surface area contributed by atoms with Crippen LogP contribution in [-0.2, 0) is 14.3 Å². The van der Waals surface area contributed by atoms with E-state index in [-0.39, 0.29) is 6.04 Å². The molecule has 1 fully saturated rings. The first-order valence-electron chi connectivity index (χ1n) is 10.1. The van der Waals surface area contributed by atoms with E-state index < -0.39 is 31.1 Å². The topological polar surface area (TPSA) is 103 Å². The number of carbonyl (C=O) groups is 3. The molecule has 30 heavy (non-hydrogen) atoms. The van der Waals surface area contributed by atoms with Crippen LogP contribution in [0.5, 0.6) is 11.5 Å². The van der Waals surface area contributed by atoms with Gasteiger partial charge in [0, 0.05) is 6.04 Å². The number of carbonyl (C=O) groups excluding carboxylic acids is 3. The molecule has 0 spiro atoms. The molecule has 0 radical (unpaired) electrons. The van der Waals surface area contributed by atoms with Gasteiger partial charge in [0.25, 0.3) is 5.91 Å². The van der Waals surface area contributed by atoms with Gasteiger partial charge in [-0.2, -0.15) is 0 Å². The molecule has 0 saturated heterocycles. The van der Waals surface area contributed by atoms with Gasteiger partial charge in [0.05, 0.1) is 7.11 Å². The quantitative estimate of drug-likeness (QED) is 0.629. The third-order valence-corrected chi connectivity index (χ3v) is 4.94. The summed E-state index contributed by atoms with van der Waals surface area (Å²) in [6, 6.07) is 4.77. The van der Waals surface area contributed by atoms with Crippen molar-refractivity contribution in [2.75, 3.05) is 20.3 Å². The molecule has 3 amide bonds. The van der Waals surface area contributed by atoms with Crippen LogP contribution < -0.4 is 20.1 Å². The minimum Gasteiger partial charge on any atom is -0.493 e. The number of amides is 3. The van der Waals surface area contributed by atoms with E-state index in [2.05, 4.69) is 17.6 Å². The van der Waals surface area contributed by atoms with E-state index in [0.29, 0.717) is 17.4 Å². The molecular formula is C22H30N2O6. The Morgan fingerprint density at radius 1 is 1.13 bits per heavy atom. The summed E-state index contributed by atoms with van der Waals surface area (Å²) in [6.07, 6.45) is 7.97. The summed E-state index contributed by atoms with van der Waals surface area (Å²) in [4.78, 5) is 35.6. The van der Waals surface area contributed by atoms with Gasteiger partial charge in [-0.15, -0.1) is 0 Å². The monoisotopic (exact) mass is 418 g/mol. The number of allylic oxidation sites excluding steroid dienone is 1. The first-order valence-corrected chi connectivity index (χ1v) is 10.1. The fourth-order valence-corrected chi connectivity index (χ4v) is 3.32. The van der Waals surface area contributed by atoms with Crippen LogP contribution in [0.2, 0.25) is 0 Å². The number of ether oxygens (including phenoxy) is 3. The molecule has 2 rings (SSSR count). The third kappa shape index (κ3) is 7.42. The van der Waals surface area contributed by atoms with Crippen LogP contribution in [0, 0.1) is 5.92 Å². The summed E-state index contributed by atoms with van der Waals surface area (Å²) >= 11 is 0. The molecule has 1 aliphatic carbocycles. The molecule has 1 aliphatic rings. The van der Waals surface area contributed by atoms with Gasteiger partial charge >= 0.3 is 12.0 Å². The molecule has 0 unspecified atom stereocenters. The van der Waals surface area contributed by atoms with Crippen molar-refractivity contribution in [3.63, 3.8) is 0 Å². The molecule has 0 bridgehead atoms. The van der Waals surface area contributed by atoms with Crippen molar-refractivity contribution >= 4 is 24.0 Å². The van der Waals surface area contributed by atoms with E-state index in [9.17, 15) is 14.4 Å². The standard InChI is InChI=1S/C22H30N2O6/c1-4-7-16-10-11-18(19(12-16)28-3)29-14-21(26)30-13-20(25)24-22(27)23-17-9-6-5-8-15(17)2/h4,7,10-12,15,17H,5-6,8-9,13-14H2,1-3H3,(H2,23,24,25,27)/b7-4+/t15-,17-/m0/s1. The maximum Gasteiger partial charge on any atom is 0.344 e. The Balaban J connectivity index is 1.72. The number of rotatable bonds is 8. The number of methoxy groups -OCH3 is 1. The van der Waals surface area contributed by atoms with Crippen molar-refractivity contribution in [1.29, 1.82) is 0 Å². The number of hydrogen-bond donors (Lipinski definition) is 2.